The van der Waals surface area contributed by atoms with Crippen molar-refractivity contribution in [1.29, 1.82) is 0 Å². The molecule has 1 aromatic rings. The predicted octanol–water partition coefficient (Wildman–Crippen LogP) is -0.790. The van der Waals surface area contributed by atoms with Gasteiger partial charge in [0.15, 0.2) is 0 Å². The van der Waals surface area contributed by atoms with E-state index in [2.05, 4.69) is 15.9 Å². The SMILES string of the molecule is Nc1ccc(O[C@H]2O[C@H](CO)[C@H](O)[C@H](O)[C@H]2O)cc1Br. The molecule has 112 valence electrons. The second-order valence-electron chi connectivity index (χ2n) is 4.50. The fraction of sp³-hybridized carbons (Fsp3) is 0.500. The van der Waals surface area contributed by atoms with Crippen LogP contribution in [-0.2, 0) is 4.74 Å². The maximum atomic E-state index is 9.83. The summed E-state index contributed by atoms with van der Waals surface area (Å²) in [5.74, 6) is 0.357. The lowest BCUT2D eigenvalue weighted by molar-refractivity contribution is -0.277. The Morgan fingerprint density at radius 3 is 2.50 bits per heavy atom. The summed E-state index contributed by atoms with van der Waals surface area (Å²) >= 11 is 3.24. The number of halogens is 1. The summed E-state index contributed by atoms with van der Waals surface area (Å²) in [5.41, 5.74) is 6.16. The molecule has 0 aromatic heterocycles. The first kappa shape index (κ1) is 15.5. The van der Waals surface area contributed by atoms with Gasteiger partial charge in [0.2, 0.25) is 6.29 Å². The van der Waals surface area contributed by atoms with Gasteiger partial charge in [-0.15, -0.1) is 0 Å². The highest BCUT2D eigenvalue weighted by molar-refractivity contribution is 9.10. The molecule has 7 nitrogen and oxygen atoms in total. The van der Waals surface area contributed by atoms with Crippen LogP contribution in [0.25, 0.3) is 0 Å². The van der Waals surface area contributed by atoms with Crippen molar-refractivity contribution in [3.05, 3.63) is 22.7 Å². The van der Waals surface area contributed by atoms with Crippen LogP contribution in [0.15, 0.2) is 22.7 Å². The van der Waals surface area contributed by atoms with Gasteiger partial charge in [-0.05, 0) is 34.1 Å². The number of hydrogen-bond donors (Lipinski definition) is 5. The topological polar surface area (TPSA) is 125 Å². The van der Waals surface area contributed by atoms with Crippen LogP contribution >= 0.6 is 15.9 Å². The molecule has 1 fully saturated rings. The summed E-state index contributed by atoms with van der Waals surface area (Å²) in [7, 11) is 0. The molecule has 2 rings (SSSR count). The fourth-order valence-corrected chi connectivity index (χ4v) is 2.24. The van der Waals surface area contributed by atoms with Crippen LogP contribution in [0.1, 0.15) is 0 Å². The van der Waals surface area contributed by atoms with Crippen molar-refractivity contribution in [3.63, 3.8) is 0 Å². The Morgan fingerprint density at radius 2 is 1.90 bits per heavy atom. The third-order valence-corrected chi connectivity index (χ3v) is 3.76. The second kappa shape index (κ2) is 6.25. The molecule has 6 N–H and O–H groups in total. The van der Waals surface area contributed by atoms with Crippen LogP contribution in [0, 0.1) is 0 Å². The van der Waals surface area contributed by atoms with Crippen molar-refractivity contribution < 1.29 is 29.9 Å². The van der Waals surface area contributed by atoms with Crippen molar-refractivity contribution in [3.8, 4) is 5.75 Å². The number of anilines is 1. The molecule has 1 heterocycles. The molecule has 1 aromatic carbocycles. The van der Waals surface area contributed by atoms with Crippen LogP contribution in [0.4, 0.5) is 5.69 Å². The van der Waals surface area contributed by atoms with Crippen LogP contribution in [0.5, 0.6) is 5.75 Å². The van der Waals surface area contributed by atoms with Gasteiger partial charge in [0.05, 0.1) is 6.61 Å². The van der Waals surface area contributed by atoms with Gasteiger partial charge < -0.3 is 35.6 Å². The molecular weight excluding hydrogens is 334 g/mol. The minimum absolute atomic E-state index is 0.357. The Morgan fingerprint density at radius 1 is 1.20 bits per heavy atom. The van der Waals surface area contributed by atoms with Crippen molar-refractivity contribution >= 4 is 21.6 Å². The fourth-order valence-electron chi connectivity index (χ4n) is 1.88. The number of rotatable bonds is 3. The minimum Gasteiger partial charge on any atom is -0.462 e. The lowest BCUT2D eigenvalue weighted by Crippen LogP contribution is -2.60. The highest BCUT2D eigenvalue weighted by atomic mass is 79.9. The Bertz CT molecular complexity index is 471. The van der Waals surface area contributed by atoms with Crippen LogP contribution < -0.4 is 10.5 Å². The lowest BCUT2D eigenvalue weighted by Gasteiger charge is -2.39. The first-order valence-corrected chi connectivity index (χ1v) is 6.75. The second-order valence-corrected chi connectivity index (χ2v) is 5.35. The van der Waals surface area contributed by atoms with Gasteiger partial charge >= 0.3 is 0 Å². The van der Waals surface area contributed by atoms with Crippen LogP contribution in [0.3, 0.4) is 0 Å². The summed E-state index contributed by atoms with van der Waals surface area (Å²) < 4.78 is 11.3. The normalized spacial score (nSPS) is 34.0. The molecule has 1 saturated heterocycles. The standard InChI is InChI=1S/C12H16BrNO6/c13-6-3-5(1-2-7(6)14)19-12-11(18)10(17)9(16)8(4-15)20-12/h1-3,8-12,15-18H,4,14H2/t8-,9+,10+,11-,12+/m1/s1. The van der Waals surface area contributed by atoms with E-state index in [1.165, 1.54) is 0 Å². The molecule has 0 unspecified atom stereocenters. The number of ether oxygens (including phenoxy) is 2. The molecule has 5 atom stereocenters. The number of nitrogen functional groups attached to an aromatic ring is 1. The maximum absolute atomic E-state index is 9.83. The van der Waals surface area contributed by atoms with Gasteiger partial charge in [-0.2, -0.15) is 0 Å². The van der Waals surface area contributed by atoms with E-state index in [1.807, 2.05) is 0 Å². The smallest absolute Gasteiger partial charge is 0.229 e. The summed E-state index contributed by atoms with van der Waals surface area (Å²) in [5, 5.41) is 38.2. The highest BCUT2D eigenvalue weighted by Gasteiger charge is 2.44. The first-order chi connectivity index (χ1) is 9.43. The summed E-state index contributed by atoms with van der Waals surface area (Å²) in [4.78, 5) is 0. The van der Waals surface area contributed by atoms with Crippen LogP contribution in [0.2, 0.25) is 0 Å². The van der Waals surface area contributed by atoms with E-state index in [0.717, 1.165) is 0 Å². The Hall–Kier alpha value is -0.900. The number of aliphatic hydroxyl groups is 4. The van der Waals surface area contributed by atoms with Gasteiger partial charge in [0, 0.05) is 10.2 Å². The summed E-state index contributed by atoms with van der Waals surface area (Å²) in [6.07, 6.45) is -6.53. The molecule has 0 aliphatic carbocycles. The zero-order valence-corrected chi connectivity index (χ0v) is 12.0. The van der Waals surface area contributed by atoms with Gasteiger partial charge in [-0.3, -0.25) is 0 Å². The third-order valence-electron chi connectivity index (χ3n) is 3.07. The first-order valence-electron chi connectivity index (χ1n) is 5.96. The minimum atomic E-state index is -1.47. The van der Waals surface area contributed by atoms with E-state index in [1.54, 1.807) is 18.2 Å². The van der Waals surface area contributed by atoms with Gasteiger partial charge in [-0.25, -0.2) is 0 Å². The van der Waals surface area contributed by atoms with Crippen molar-refractivity contribution in [1.82, 2.24) is 0 Å². The van der Waals surface area contributed by atoms with Gasteiger partial charge in [0.1, 0.15) is 30.2 Å². The van der Waals surface area contributed by atoms with Crippen molar-refractivity contribution in [2.24, 2.45) is 0 Å². The molecule has 8 heteroatoms. The molecule has 20 heavy (non-hydrogen) atoms. The maximum Gasteiger partial charge on any atom is 0.229 e. The average Bonchev–Trinajstić information content (AvgIpc) is 2.43. The van der Waals surface area contributed by atoms with E-state index in [0.29, 0.717) is 15.9 Å². The Balaban J connectivity index is 2.13. The zero-order chi connectivity index (χ0) is 14.9. The van der Waals surface area contributed by atoms with E-state index in [4.69, 9.17) is 20.3 Å². The molecule has 0 bridgehead atoms. The third kappa shape index (κ3) is 3.05. The monoisotopic (exact) mass is 349 g/mol. The Kier molecular flexibility index (Phi) is 4.84. The molecule has 0 amide bonds. The van der Waals surface area contributed by atoms with Gasteiger partial charge in [0.25, 0.3) is 0 Å². The molecule has 0 saturated carbocycles. The molecule has 1 aliphatic heterocycles. The number of aliphatic hydroxyl groups excluding tert-OH is 4. The number of hydrogen-bond acceptors (Lipinski definition) is 7. The lowest BCUT2D eigenvalue weighted by atomic mass is 9.99. The quantitative estimate of drug-likeness (QED) is 0.453. The Labute approximate surface area is 123 Å². The molecule has 1 aliphatic rings. The summed E-state index contributed by atoms with van der Waals surface area (Å²) in [6, 6.07) is 4.75. The average molecular weight is 350 g/mol. The van der Waals surface area contributed by atoms with E-state index in [-0.39, 0.29) is 0 Å². The summed E-state index contributed by atoms with van der Waals surface area (Å²) in [6.45, 7) is -0.504. The molecule has 0 radical (unpaired) electrons. The number of nitrogens with two attached hydrogens (primary N) is 1. The zero-order valence-electron chi connectivity index (χ0n) is 10.4. The van der Waals surface area contributed by atoms with E-state index in [9.17, 15) is 15.3 Å². The molecular formula is C12H16BrNO6. The highest BCUT2D eigenvalue weighted by Crippen LogP contribution is 2.28. The number of benzene rings is 1. The van der Waals surface area contributed by atoms with Crippen molar-refractivity contribution in [2.75, 3.05) is 12.3 Å². The van der Waals surface area contributed by atoms with E-state index < -0.39 is 37.3 Å². The molecule has 0 spiro atoms. The van der Waals surface area contributed by atoms with Gasteiger partial charge in [-0.1, -0.05) is 0 Å². The van der Waals surface area contributed by atoms with Crippen LogP contribution in [-0.4, -0.2) is 57.7 Å². The predicted molar refractivity (Wildman–Crippen MR) is 72.9 cm³/mol. The van der Waals surface area contributed by atoms with Crippen molar-refractivity contribution in [2.45, 2.75) is 30.7 Å². The largest absolute Gasteiger partial charge is 0.462 e. The van der Waals surface area contributed by atoms with E-state index >= 15 is 0 Å².